The van der Waals surface area contributed by atoms with Crippen LogP contribution in [-0.2, 0) is 16.6 Å². The third-order valence-corrected chi connectivity index (χ3v) is 5.42. The van der Waals surface area contributed by atoms with Crippen molar-refractivity contribution in [3.8, 4) is 11.3 Å². The summed E-state index contributed by atoms with van der Waals surface area (Å²) in [4.78, 5) is 33.0. The van der Waals surface area contributed by atoms with E-state index in [2.05, 4.69) is 20.6 Å². The minimum atomic E-state index is -0.362. The number of carbonyl (C=O) groups excluding carboxylic acids is 2. The molecule has 2 aromatic heterocycles. The lowest BCUT2D eigenvalue weighted by Gasteiger charge is -2.17. The second-order valence-electron chi connectivity index (χ2n) is 8.10. The van der Waals surface area contributed by atoms with Crippen molar-refractivity contribution >= 4 is 34.0 Å². The van der Waals surface area contributed by atoms with Crippen LogP contribution < -0.4 is 10.6 Å². The first-order valence-electron chi connectivity index (χ1n) is 9.38. The predicted molar refractivity (Wildman–Crippen MR) is 112 cm³/mol. The van der Waals surface area contributed by atoms with Gasteiger partial charge in [0, 0.05) is 28.5 Å². The Balaban J connectivity index is 1.52. The van der Waals surface area contributed by atoms with Gasteiger partial charge >= 0.3 is 0 Å². The second kappa shape index (κ2) is 7.11. The number of aromatic nitrogens is 2. The molecule has 1 aliphatic heterocycles. The molecule has 4 rings (SSSR count). The molecule has 1 aliphatic rings. The minimum absolute atomic E-state index is 0.0428. The summed E-state index contributed by atoms with van der Waals surface area (Å²) in [7, 11) is 0. The van der Waals surface area contributed by atoms with Gasteiger partial charge in [0.25, 0.3) is 5.91 Å². The first-order chi connectivity index (χ1) is 13.7. The first kappa shape index (κ1) is 19.3. The number of carbonyl (C=O) groups is 2. The number of oxazole rings is 1. The quantitative estimate of drug-likeness (QED) is 0.661. The van der Waals surface area contributed by atoms with E-state index in [9.17, 15) is 9.59 Å². The van der Waals surface area contributed by atoms with Crippen LogP contribution in [0.5, 0.6) is 0 Å². The highest BCUT2D eigenvalue weighted by Crippen LogP contribution is 2.31. The van der Waals surface area contributed by atoms with E-state index in [0.29, 0.717) is 29.6 Å². The van der Waals surface area contributed by atoms with Crippen LogP contribution in [0, 0.1) is 6.92 Å². The summed E-state index contributed by atoms with van der Waals surface area (Å²) >= 11 is 1.35. The molecular formula is C21H22N4O3S. The molecule has 0 unspecified atom stereocenters. The van der Waals surface area contributed by atoms with Gasteiger partial charge in [0.2, 0.25) is 17.6 Å². The van der Waals surface area contributed by atoms with E-state index in [1.165, 1.54) is 11.3 Å². The Labute approximate surface area is 172 Å². The lowest BCUT2D eigenvalue weighted by atomic mass is 9.97. The van der Waals surface area contributed by atoms with Crippen molar-refractivity contribution in [3.05, 3.63) is 46.5 Å². The highest BCUT2D eigenvalue weighted by molar-refractivity contribution is 7.14. The molecule has 2 amide bonds. The summed E-state index contributed by atoms with van der Waals surface area (Å²) in [6.07, 6.45) is 1.20. The van der Waals surface area contributed by atoms with Crippen LogP contribution in [0.1, 0.15) is 54.9 Å². The predicted octanol–water partition coefficient (Wildman–Crippen LogP) is 4.54. The van der Waals surface area contributed by atoms with Crippen molar-refractivity contribution < 1.29 is 14.0 Å². The number of amides is 2. The number of nitrogens with one attached hydrogen (secondary N) is 2. The van der Waals surface area contributed by atoms with E-state index >= 15 is 0 Å². The number of thiazole rings is 1. The summed E-state index contributed by atoms with van der Waals surface area (Å²) in [5, 5.41) is 8.06. The Morgan fingerprint density at radius 1 is 1.24 bits per heavy atom. The van der Waals surface area contributed by atoms with Gasteiger partial charge in [-0.1, -0.05) is 26.8 Å². The molecule has 0 radical (unpaired) electrons. The minimum Gasteiger partial charge on any atom is -0.435 e. The van der Waals surface area contributed by atoms with Crippen molar-refractivity contribution in [2.24, 2.45) is 0 Å². The van der Waals surface area contributed by atoms with Gasteiger partial charge in [0.05, 0.1) is 11.4 Å². The van der Waals surface area contributed by atoms with Gasteiger partial charge in [-0.05, 0) is 31.0 Å². The molecule has 0 saturated heterocycles. The number of aryl methyl sites for hydroxylation is 2. The molecule has 7 nitrogen and oxygen atoms in total. The molecule has 0 bridgehead atoms. The number of fused-ring (bicyclic) bond motifs is 1. The SMILES string of the molecule is Cc1nc(C(C)(C)C)oc1C(=O)Nc1nc(-c2ccc3c(c2)CCC(=O)N3)cs1. The number of rotatable bonds is 3. The summed E-state index contributed by atoms with van der Waals surface area (Å²) in [6, 6.07) is 5.85. The van der Waals surface area contributed by atoms with E-state index in [-0.39, 0.29) is 23.0 Å². The van der Waals surface area contributed by atoms with Gasteiger partial charge in [0.1, 0.15) is 0 Å². The van der Waals surface area contributed by atoms with Gasteiger partial charge in [-0.2, -0.15) is 0 Å². The molecule has 0 spiro atoms. The lowest BCUT2D eigenvalue weighted by Crippen LogP contribution is -2.18. The van der Waals surface area contributed by atoms with Gasteiger partial charge < -0.3 is 9.73 Å². The van der Waals surface area contributed by atoms with E-state index < -0.39 is 0 Å². The largest absolute Gasteiger partial charge is 0.435 e. The van der Waals surface area contributed by atoms with Crippen LogP contribution in [0.3, 0.4) is 0 Å². The van der Waals surface area contributed by atoms with Crippen molar-refractivity contribution in [3.63, 3.8) is 0 Å². The zero-order chi connectivity index (χ0) is 20.8. The zero-order valence-electron chi connectivity index (χ0n) is 16.8. The normalized spacial score (nSPS) is 13.7. The number of hydrogen-bond donors (Lipinski definition) is 2. The third kappa shape index (κ3) is 3.93. The molecule has 0 atom stereocenters. The molecule has 0 saturated carbocycles. The number of benzene rings is 1. The van der Waals surface area contributed by atoms with Crippen LogP contribution in [0.4, 0.5) is 10.8 Å². The smallest absolute Gasteiger partial charge is 0.295 e. The van der Waals surface area contributed by atoms with E-state index in [1.54, 1.807) is 6.92 Å². The Morgan fingerprint density at radius 2 is 2.03 bits per heavy atom. The summed E-state index contributed by atoms with van der Waals surface area (Å²) < 4.78 is 5.69. The number of anilines is 2. The monoisotopic (exact) mass is 410 g/mol. The van der Waals surface area contributed by atoms with E-state index in [4.69, 9.17) is 4.42 Å². The zero-order valence-corrected chi connectivity index (χ0v) is 17.6. The maximum atomic E-state index is 12.6. The van der Waals surface area contributed by atoms with Gasteiger partial charge in [-0.15, -0.1) is 11.3 Å². The maximum absolute atomic E-state index is 12.6. The molecule has 3 heterocycles. The average molecular weight is 410 g/mol. The number of nitrogens with zero attached hydrogens (tertiary/aromatic N) is 2. The summed E-state index contributed by atoms with van der Waals surface area (Å²) in [5.41, 5.74) is 3.94. The fourth-order valence-corrected chi connectivity index (χ4v) is 3.80. The molecule has 2 N–H and O–H groups in total. The van der Waals surface area contributed by atoms with E-state index in [1.807, 2.05) is 44.4 Å². The van der Waals surface area contributed by atoms with Crippen LogP contribution in [0.15, 0.2) is 28.0 Å². The molecule has 0 fully saturated rings. The fraction of sp³-hybridized carbons (Fsp3) is 0.333. The van der Waals surface area contributed by atoms with Crippen LogP contribution in [0.25, 0.3) is 11.3 Å². The Bertz CT molecular complexity index is 1110. The Kier molecular flexibility index (Phi) is 4.74. The fourth-order valence-electron chi connectivity index (χ4n) is 3.09. The van der Waals surface area contributed by atoms with Crippen LogP contribution in [0.2, 0.25) is 0 Å². The summed E-state index contributed by atoms with van der Waals surface area (Å²) in [6.45, 7) is 7.71. The highest BCUT2D eigenvalue weighted by atomic mass is 32.1. The highest BCUT2D eigenvalue weighted by Gasteiger charge is 2.25. The Hall–Kier alpha value is -3.00. The van der Waals surface area contributed by atoms with Crippen LogP contribution in [-0.4, -0.2) is 21.8 Å². The van der Waals surface area contributed by atoms with Crippen molar-refractivity contribution in [1.82, 2.24) is 9.97 Å². The van der Waals surface area contributed by atoms with Gasteiger partial charge in [-0.25, -0.2) is 9.97 Å². The van der Waals surface area contributed by atoms with Crippen molar-refractivity contribution in [2.45, 2.75) is 46.0 Å². The van der Waals surface area contributed by atoms with Gasteiger partial charge in [-0.3, -0.25) is 14.9 Å². The molecule has 29 heavy (non-hydrogen) atoms. The molecular weight excluding hydrogens is 388 g/mol. The van der Waals surface area contributed by atoms with Crippen molar-refractivity contribution in [2.75, 3.05) is 10.6 Å². The maximum Gasteiger partial charge on any atom is 0.295 e. The summed E-state index contributed by atoms with van der Waals surface area (Å²) in [5.74, 6) is 0.415. The molecule has 1 aromatic carbocycles. The molecule has 8 heteroatoms. The third-order valence-electron chi connectivity index (χ3n) is 4.67. The van der Waals surface area contributed by atoms with E-state index in [0.717, 1.165) is 22.5 Å². The van der Waals surface area contributed by atoms with Gasteiger partial charge in [0.15, 0.2) is 5.13 Å². The Morgan fingerprint density at radius 3 is 2.76 bits per heavy atom. The topological polar surface area (TPSA) is 97.1 Å². The molecule has 150 valence electrons. The number of hydrogen-bond acceptors (Lipinski definition) is 6. The second-order valence-corrected chi connectivity index (χ2v) is 8.95. The first-order valence-corrected chi connectivity index (χ1v) is 10.3. The standard InChI is InChI=1S/C21H22N4O3S/c1-11-17(28-19(22-11)21(2,3)4)18(27)25-20-24-15(10-29-20)13-5-7-14-12(9-13)6-8-16(26)23-14/h5,7,9-10H,6,8H2,1-4H3,(H,23,26)(H,24,25,27). The molecule has 0 aliphatic carbocycles. The van der Waals surface area contributed by atoms with Crippen molar-refractivity contribution in [1.29, 1.82) is 0 Å². The molecule has 3 aromatic rings. The van der Waals surface area contributed by atoms with Crippen LogP contribution >= 0.6 is 11.3 Å². The average Bonchev–Trinajstić information content (AvgIpc) is 3.27. The lowest BCUT2D eigenvalue weighted by molar-refractivity contribution is -0.116.